The van der Waals surface area contributed by atoms with Crippen molar-refractivity contribution in [2.24, 2.45) is 0 Å². The highest BCUT2D eigenvalue weighted by Gasteiger charge is 2.23. The Labute approximate surface area is 169 Å². The first kappa shape index (κ1) is 18.7. The number of hydrogen-bond acceptors (Lipinski definition) is 5. The summed E-state index contributed by atoms with van der Waals surface area (Å²) in [7, 11) is 1.58. The van der Waals surface area contributed by atoms with E-state index in [-0.39, 0.29) is 12.7 Å². The molecule has 0 saturated heterocycles. The summed E-state index contributed by atoms with van der Waals surface area (Å²) in [5.41, 5.74) is 3.26. The Bertz CT molecular complexity index is 1020. The second kappa shape index (κ2) is 8.14. The lowest BCUT2D eigenvalue weighted by molar-refractivity contribution is -0.117. The lowest BCUT2D eigenvalue weighted by atomic mass is 10.1. The molecule has 0 fully saturated rings. The first-order valence-electron chi connectivity index (χ1n) is 9.30. The third-order valence-corrected chi connectivity index (χ3v) is 4.69. The van der Waals surface area contributed by atoms with Crippen molar-refractivity contribution in [2.45, 2.75) is 13.0 Å². The molecule has 3 aromatic rings. The molecular formula is C23H22N2O4. The lowest BCUT2D eigenvalue weighted by Gasteiger charge is -2.21. The first-order valence-corrected chi connectivity index (χ1v) is 9.30. The normalized spacial score (nSPS) is 12.9. The number of methoxy groups -OCH3 is 1. The van der Waals surface area contributed by atoms with Crippen molar-refractivity contribution in [3.8, 4) is 17.2 Å². The van der Waals surface area contributed by atoms with Crippen LogP contribution in [0.3, 0.4) is 0 Å². The van der Waals surface area contributed by atoms with Crippen LogP contribution in [-0.2, 0) is 4.79 Å². The zero-order valence-corrected chi connectivity index (χ0v) is 16.3. The van der Waals surface area contributed by atoms with Gasteiger partial charge < -0.3 is 24.8 Å². The van der Waals surface area contributed by atoms with Gasteiger partial charge in [-0.15, -0.1) is 0 Å². The van der Waals surface area contributed by atoms with Crippen molar-refractivity contribution in [2.75, 3.05) is 24.5 Å². The first-order chi connectivity index (χ1) is 14.1. The second-order valence-corrected chi connectivity index (χ2v) is 6.75. The molecule has 0 unspecified atom stereocenters. The third-order valence-electron chi connectivity index (χ3n) is 4.69. The quantitative estimate of drug-likeness (QED) is 0.647. The van der Waals surface area contributed by atoms with Crippen molar-refractivity contribution in [1.82, 2.24) is 0 Å². The fraction of sp³-hybridized carbons (Fsp3) is 0.174. The van der Waals surface area contributed by atoms with E-state index in [9.17, 15) is 4.79 Å². The maximum absolute atomic E-state index is 13.2. The topological polar surface area (TPSA) is 68.8 Å². The number of ether oxygens (including phenoxy) is 3. The van der Waals surface area contributed by atoms with Gasteiger partial charge >= 0.3 is 0 Å². The number of aryl methyl sites for hydroxylation is 1. The van der Waals surface area contributed by atoms with Crippen molar-refractivity contribution in [3.63, 3.8) is 0 Å². The minimum absolute atomic E-state index is 0.197. The Balaban J connectivity index is 1.62. The predicted octanol–water partition coefficient (Wildman–Crippen LogP) is 4.52. The molecule has 0 bridgehead atoms. The number of carbonyl (C=O) groups is 1. The molecule has 0 aromatic heterocycles. The molecule has 6 heteroatoms. The van der Waals surface area contributed by atoms with E-state index in [0.29, 0.717) is 22.9 Å². The monoisotopic (exact) mass is 390 g/mol. The second-order valence-electron chi connectivity index (χ2n) is 6.75. The standard InChI is InChI=1S/C23H22N2O4/c1-15-8-10-19(27-2)18(12-15)25-23(26)22(16-6-4-3-5-7-16)24-17-9-11-20-21(13-17)29-14-28-20/h3-13,22,24H,14H2,1-2H3,(H,25,26)/t22-/m1/s1. The van der Waals surface area contributed by atoms with Crippen LogP contribution in [0.15, 0.2) is 66.7 Å². The number of benzene rings is 3. The molecule has 0 radical (unpaired) electrons. The van der Waals surface area contributed by atoms with Gasteiger partial charge in [0.15, 0.2) is 11.5 Å². The van der Waals surface area contributed by atoms with Crippen molar-refractivity contribution < 1.29 is 19.0 Å². The number of carbonyl (C=O) groups excluding carboxylic acids is 1. The minimum Gasteiger partial charge on any atom is -0.495 e. The average molecular weight is 390 g/mol. The number of rotatable bonds is 6. The van der Waals surface area contributed by atoms with Crippen LogP contribution in [-0.4, -0.2) is 19.8 Å². The molecule has 1 amide bonds. The molecule has 6 nitrogen and oxygen atoms in total. The molecule has 148 valence electrons. The number of amides is 1. The van der Waals surface area contributed by atoms with E-state index in [1.807, 2.05) is 73.7 Å². The number of nitrogens with one attached hydrogen (secondary N) is 2. The highest BCUT2D eigenvalue weighted by molar-refractivity contribution is 5.98. The van der Waals surface area contributed by atoms with Gasteiger partial charge in [-0.2, -0.15) is 0 Å². The van der Waals surface area contributed by atoms with Gasteiger partial charge in [0, 0.05) is 11.8 Å². The lowest BCUT2D eigenvalue weighted by Crippen LogP contribution is -2.27. The molecule has 4 rings (SSSR count). The summed E-state index contributed by atoms with van der Waals surface area (Å²) in [6.45, 7) is 2.17. The van der Waals surface area contributed by atoms with E-state index in [1.54, 1.807) is 7.11 Å². The Morgan fingerprint density at radius 3 is 2.59 bits per heavy atom. The molecular weight excluding hydrogens is 368 g/mol. The highest BCUT2D eigenvalue weighted by Crippen LogP contribution is 2.35. The van der Waals surface area contributed by atoms with E-state index in [0.717, 1.165) is 16.8 Å². The summed E-state index contributed by atoms with van der Waals surface area (Å²) in [5.74, 6) is 1.76. The zero-order chi connectivity index (χ0) is 20.2. The van der Waals surface area contributed by atoms with E-state index >= 15 is 0 Å². The van der Waals surface area contributed by atoms with Crippen LogP contribution >= 0.6 is 0 Å². The van der Waals surface area contributed by atoms with E-state index < -0.39 is 6.04 Å². The Kier molecular flexibility index (Phi) is 5.24. The molecule has 1 aliphatic heterocycles. The van der Waals surface area contributed by atoms with Crippen molar-refractivity contribution in [3.05, 3.63) is 77.9 Å². The largest absolute Gasteiger partial charge is 0.495 e. The molecule has 1 aliphatic rings. The van der Waals surface area contributed by atoms with E-state index in [4.69, 9.17) is 14.2 Å². The maximum Gasteiger partial charge on any atom is 0.251 e. The summed E-state index contributed by atoms with van der Waals surface area (Å²) in [5, 5.41) is 6.30. The summed E-state index contributed by atoms with van der Waals surface area (Å²) < 4.78 is 16.2. The Morgan fingerprint density at radius 2 is 1.79 bits per heavy atom. The van der Waals surface area contributed by atoms with Gasteiger partial charge in [0.2, 0.25) is 6.79 Å². The maximum atomic E-state index is 13.2. The summed E-state index contributed by atoms with van der Waals surface area (Å²) in [4.78, 5) is 13.2. The predicted molar refractivity (Wildman–Crippen MR) is 112 cm³/mol. The van der Waals surface area contributed by atoms with Crippen LogP contribution in [0.2, 0.25) is 0 Å². The third kappa shape index (κ3) is 4.11. The van der Waals surface area contributed by atoms with Crippen molar-refractivity contribution >= 4 is 17.3 Å². The molecule has 29 heavy (non-hydrogen) atoms. The van der Waals surface area contributed by atoms with Gasteiger partial charge in [0.05, 0.1) is 12.8 Å². The van der Waals surface area contributed by atoms with Crippen molar-refractivity contribution in [1.29, 1.82) is 0 Å². The molecule has 3 aromatic carbocycles. The highest BCUT2D eigenvalue weighted by atomic mass is 16.7. The molecule has 0 aliphatic carbocycles. The smallest absolute Gasteiger partial charge is 0.251 e. The fourth-order valence-corrected chi connectivity index (χ4v) is 3.22. The van der Waals surface area contributed by atoms with Gasteiger partial charge in [0.1, 0.15) is 11.8 Å². The molecule has 0 saturated carbocycles. The summed E-state index contributed by atoms with van der Waals surface area (Å²) in [6.07, 6.45) is 0. The molecule has 1 heterocycles. The van der Waals surface area contributed by atoms with Gasteiger partial charge in [-0.05, 0) is 42.3 Å². The van der Waals surface area contributed by atoms with Crippen LogP contribution in [0.25, 0.3) is 0 Å². The molecule has 1 atom stereocenters. The minimum atomic E-state index is -0.609. The van der Waals surface area contributed by atoms with Gasteiger partial charge in [-0.1, -0.05) is 36.4 Å². The van der Waals surface area contributed by atoms with Gasteiger partial charge in [-0.25, -0.2) is 0 Å². The van der Waals surface area contributed by atoms with Gasteiger partial charge in [-0.3, -0.25) is 4.79 Å². The Hall–Kier alpha value is -3.67. The van der Waals surface area contributed by atoms with Crippen LogP contribution in [0.5, 0.6) is 17.2 Å². The number of fused-ring (bicyclic) bond motifs is 1. The van der Waals surface area contributed by atoms with Crippen LogP contribution < -0.4 is 24.8 Å². The molecule has 0 spiro atoms. The fourth-order valence-electron chi connectivity index (χ4n) is 3.22. The molecule has 2 N–H and O–H groups in total. The van der Waals surface area contributed by atoms with Gasteiger partial charge in [0.25, 0.3) is 5.91 Å². The Morgan fingerprint density at radius 1 is 1.00 bits per heavy atom. The van der Waals surface area contributed by atoms with Crippen LogP contribution in [0.1, 0.15) is 17.2 Å². The van der Waals surface area contributed by atoms with Crippen LogP contribution in [0, 0.1) is 6.92 Å². The van der Waals surface area contributed by atoms with Crippen LogP contribution in [0.4, 0.5) is 11.4 Å². The summed E-state index contributed by atoms with van der Waals surface area (Å²) >= 11 is 0. The number of hydrogen-bond donors (Lipinski definition) is 2. The average Bonchev–Trinajstić information content (AvgIpc) is 3.20. The summed E-state index contributed by atoms with van der Waals surface area (Å²) in [6, 6.07) is 20.1. The number of anilines is 2. The van der Waals surface area contributed by atoms with E-state index in [1.165, 1.54) is 0 Å². The van der Waals surface area contributed by atoms with E-state index in [2.05, 4.69) is 10.6 Å². The zero-order valence-electron chi connectivity index (χ0n) is 16.3. The SMILES string of the molecule is COc1ccc(C)cc1NC(=O)[C@H](Nc1ccc2c(c1)OCO2)c1ccccc1.